The molecule has 17 heavy (non-hydrogen) atoms. The second kappa shape index (κ2) is 5.77. The summed E-state index contributed by atoms with van der Waals surface area (Å²) in [5.41, 5.74) is 0.809. The average molecular weight is 239 g/mol. The van der Waals surface area contributed by atoms with E-state index in [0.717, 1.165) is 0 Å². The van der Waals surface area contributed by atoms with E-state index in [1.807, 2.05) is 13.8 Å². The molecule has 2 atom stereocenters. The smallest absolute Gasteiger partial charge is 0.251 e. The van der Waals surface area contributed by atoms with Gasteiger partial charge in [-0.1, -0.05) is 13.0 Å². The maximum absolute atomic E-state index is 13.3. The third-order valence-corrected chi connectivity index (χ3v) is 2.93. The lowest BCUT2D eigenvalue weighted by Gasteiger charge is -2.19. The van der Waals surface area contributed by atoms with Crippen molar-refractivity contribution >= 4 is 5.91 Å². The summed E-state index contributed by atoms with van der Waals surface area (Å²) >= 11 is 0. The maximum atomic E-state index is 13.3. The summed E-state index contributed by atoms with van der Waals surface area (Å²) in [7, 11) is 0. The third kappa shape index (κ3) is 3.53. The Kier molecular flexibility index (Phi) is 4.63. The molecule has 1 aromatic rings. The predicted molar refractivity (Wildman–Crippen MR) is 64.3 cm³/mol. The number of carbonyl (C=O) groups is 1. The first-order chi connectivity index (χ1) is 7.95. The van der Waals surface area contributed by atoms with Crippen molar-refractivity contribution in [3.05, 3.63) is 35.1 Å². The van der Waals surface area contributed by atoms with Crippen LogP contribution in [0.2, 0.25) is 0 Å². The van der Waals surface area contributed by atoms with Gasteiger partial charge < -0.3 is 10.4 Å². The van der Waals surface area contributed by atoms with E-state index in [0.29, 0.717) is 11.1 Å². The van der Waals surface area contributed by atoms with Crippen molar-refractivity contribution in [2.45, 2.75) is 26.8 Å². The number of aryl methyl sites for hydroxylation is 1. The molecular weight excluding hydrogens is 221 g/mol. The summed E-state index contributed by atoms with van der Waals surface area (Å²) in [6.07, 6.45) is 0. The van der Waals surface area contributed by atoms with E-state index >= 15 is 0 Å². The molecule has 0 radical (unpaired) electrons. The number of aliphatic hydroxyl groups is 1. The maximum Gasteiger partial charge on any atom is 0.251 e. The Bertz CT molecular complexity index is 406. The number of rotatable bonds is 4. The first-order valence-corrected chi connectivity index (χ1v) is 5.63. The number of halogens is 1. The van der Waals surface area contributed by atoms with Crippen LogP contribution in [0.3, 0.4) is 0 Å². The normalized spacial score (nSPS) is 14.2. The standard InChI is InChI=1S/C13H18FNO2/c1-8-4-5-11(6-12(8)14)13(17)15-10(3)9(2)7-16/h4-6,9-10,16H,7H2,1-3H3,(H,15,17). The van der Waals surface area contributed by atoms with Crippen molar-refractivity contribution in [3.8, 4) is 0 Å². The Hall–Kier alpha value is -1.42. The van der Waals surface area contributed by atoms with Crippen LogP contribution >= 0.6 is 0 Å². The van der Waals surface area contributed by atoms with Gasteiger partial charge in [-0.25, -0.2) is 4.39 Å². The first-order valence-electron chi connectivity index (χ1n) is 5.63. The second-order valence-electron chi connectivity index (χ2n) is 4.39. The molecule has 1 rings (SSSR count). The van der Waals surface area contributed by atoms with Crippen LogP contribution in [-0.2, 0) is 0 Å². The highest BCUT2D eigenvalue weighted by Gasteiger charge is 2.15. The molecule has 0 aliphatic carbocycles. The molecule has 2 unspecified atom stereocenters. The summed E-state index contributed by atoms with van der Waals surface area (Å²) in [6.45, 7) is 5.29. The predicted octanol–water partition coefficient (Wildman–Crippen LogP) is 1.88. The van der Waals surface area contributed by atoms with Crippen LogP contribution in [-0.4, -0.2) is 23.7 Å². The first kappa shape index (κ1) is 13.6. The van der Waals surface area contributed by atoms with Crippen LogP contribution in [0.25, 0.3) is 0 Å². The summed E-state index contributed by atoms with van der Waals surface area (Å²) in [6, 6.07) is 4.23. The van der Waals surface area contributed by atoms with Gasteiger partial charge in [-0.3, -0.25) is 4.79 Å². The largest absolute Gasteiger partial charge is 0.396 e. The Morgan fingerprint density at radius 1 is 1.47 bits per heavy atom. The highest BCUT2D eigenvalue weighted by atomic mass is 19.1. The van der Waals surface area contributed by atoms with Crippen LogP contribution in [0.15, 0.2) is 18.2 Å². The van der Waals surface area contributed by atoms with E-state index in [1.165, 1.54) is 6.07 Å². The van der Waals surface area contributed by atoms with Crippen LogP contribution in [0.4, 0.5) is 4.39 Å². The molecule has 3 nitrogen and oxygen atoms in total. The molecular formula is C13H18FNO2. The van der Waals surface area contributed by atoms with Crippen molar-refractivity contribution in [1.82, 2.24) is 5.32 Å². The molecule has 4 heteroatoms. The minimum absolute atomic E-state index is 0.00368. The Morgan fingerprint density at radius 3 is 2.65 bits per heavy atom. The zero-order valence-corrected chi connectivity index (χ0v) is 10.3. The number of amides is 1. The van der Waals surface area contributed by atoms with Gasteiger partial charge in [0, 0.05) is 18.2 Å². The lowest BCUT2D eigenvalue weighted by molar-refractivity contribution is 0.0916. The summed E-state index contributed by atoms with van der Waals surface area (Å²) in [5.74, 6) is -0.744. The summed E-state index contributed by atoms with van der Waals surface area (Å²) in [5, 5.41) is 11.7. The van der Waals surface area contributed by atoms with E-state index in [4.69, 9.17) is 5.11 Å². The van der Waals surface area contributed by atoms with Gasteiger partial charge >= 0.3 is 0 Å². The van der Waals surface area contributed by atoms with Gasteiger partial charge in [0.2, 0.25) is 0 Å². The van der Waals surface area contributed by atoms with Crippen molar-refractivity contribution in [2.24, 2.45) is 5.92 Å². The van der Waals surface area contributed by atoms with Crippen LogP contribution in [0, 0.1) is 18.7 Å². The molecule has 2 N–H and O–H groups in total. The van der Waals surface area contributed by atoms with Crippen molar-refractivity contribution in [1.29, 1.82) is 0 Å². The van der Waals surface area contributed by atoms with Gasteiger partial charge in [0.25, 0.3) is 5.91 Å². The van der Waals surface area contributed by atoms with E-state index in [-0.39, 0.29) is 30.3 Å². The Morgan fingerprint density at radius 2 is 2.12 bits per heavy atom. The molecule has 0 fully saturated rings. The topological polar surface area (TPSA) is 49.3 Å². The van der Waals surface area contributed by atoms with Crippen molar-refractivity contribution < 1.29 is 14.3 Å². The summed E-state index contributed by atoms with van der Waals surface area (Å²) in [4.78, 5) is 11.8. The molecule has 0 heterocycles. The molecule has 0 aliphatic heterocycles. The van der Waals surface area contributed by atoms with E-state index in [9.17, 15) is 9.18 Å². The lowest BCUT2D eigenvalue weighted by atomic mass is 10.0. The van der Waals surface area contributed by atoms with Crippen LogP contribution < -0.4 is 5.32 Å². The Balaban J connectivity index is 2.73. The van der Waals surface area contributed by atoms with Gasteiger partial charge in [0.1, 0.15) is 5.82 Å². The fraction of sp³-hybridized carbons (Fsp3) is 0.462. The van der Waals surface area contributed by atoms with Gasteiger partial charge in [0.15, 0.2) is 0 Å². The molecule has 0 aromatic heterocycles. The third-order valence-electron chi connectivity index (χ3n) is 2.93. The zero-order valence-electron chi connectivity index (χ0n) is 10.3. The number of aliphatic hydroxyl groups excluding tert-OH is 1. The average Bonchev–Trinajstić information content (AvgIpc) is 2.31. The number of benzene rings is 1. The molecule has 0 spiro atoms. The van der Waals surface area contributed by atoms with Gasteiger partial charge in [-0.05, 0) is 37.5 Å². The van der Waals surface area contributed by atoms with E-state index in [2.05, 4.69) is 5.32 Å². The van der Waals surface area contributed by atoms with Crippen LogP contribution in [0.1, 0.15) is 29.8 Å². The minimum atomic E-state index is -0.388. The highest BCUT2D eigenvalue weighted by molar-refractivity contribution is 5.94. The van der Waals surface area contributed by atoms with E-state index in [1.54, 1.807) is 19.1 Å². The molecule has 94 valence electrons. The molecule has 1 aromatic carbocycles. The monoisotopic (exact) mass is 239 g/mol. The molecule has 1 amide bonds. The fourth-order valence-electron chi connectivity index (χ4n) is 1.32. The zero-order chi connectivity index (χ0) is 13.0. The number of nitrogens with one attached hydrogen (secondary N) is 1. The van der Waals surface area contributed by atoms with Gasteiger partial charge in [-0.15, -0.1) is 0 Å². The molecule has 0 saturated carbocycles. The van der Waals surface area contributed by atoms with Crippen molar-refractivity contribution in [2.75, 3.05) is 6.61 Å². The number of hydrogen-bond acceptors (Lipinski definition) is 2. The number of hydrogen-bond donors (Lipinski definition) is 2. The van der Waals surface area contributed by atoms with Gasteiger partial charge in [0.05, 0.1) is 0 Å². The van der Waals surface area contributed by atoms with E-state index < -0.39 is 0 Å². The fourth-order valence-corrected chi connectivity index (χ4v) is 1.32. The SMILES string of the molecule is Cc1ccc(C(=O)NC(C)C(C)CO)cc1F. The number of carbonyl (C=O) groups excluding carboxylic acids is 1. The lowest BCUT2D eigenvalue weighted by Crippen LogP contribution is -2.38. The molecule has 0 aliphatic rings. The second-order valence-corrected chi connectivity index (χ2v) is 4.39. The molecule has 0 bridgehead atoms. The van der Waals surface area contributed by atoms with Gasteiger partial charge in [-0.2, -0.15) is 0 Å². The van der Waals surface area contributed by atoms with Crippen LogP contribution in [0.5, 0.6) is 0 Å². The van der Waals surface area contributed by atoms with Crippen molar-refractivity contribution in [3.63, 3.8) is 0 Å². The minimum Gasteiger partial charge on any atom is -0.396 e. The Labute approximate surface area is 101 Å². The highest BCUT2D eigenvalue weighted by Crippen LogP contribution is 2.10. The molecule has 0 saturated heterocycles. The summed E-state index contributed by atoms with van der Waals surface area (Å²) < 4.78 is 13.3. The quantitative estimate of drug-likeness (QED) is 0.842.